The van der Waals surface area contributed by atoms with E-state index in [1.165, 1.54) is 0 Å². The van der Waals surface area contributed by atoms with Crippen LogP contribution in [-0.2, 0) is 6.54 Å². The first-order valence-electron chi connectivity index (χ1n) is 4.87. The average molecular weight is 207 g/mol. The van der Waals surface area contributed by atoms with Gasteiger partial charge in [0.1, 0.15) is 0 Å². The van der Waals surface area contributed by atoms with Crippen LogP contribution in [0.1, 0.15) is 29.0 Å². The summed E-state index contributed by atoms with van der Waals surface area (Å²) >= 11 is 0. The number of hydrogen-bond donors (Lipinski definition) is 2. The third kappa shape index (κ3) is 2.24. The summed E-state index contributed by atoms with van der Waals surface area (Å²) in [4.78, 5) is 15.2. The molecule has 0 radical (unpaired) electrons. The molecule has 1 fully saturated rings. The number of carbonyl (C=O) groups is 1. The quantitative estimate of drug-likeness (QED) is 0.736. The van der Waals surface area contributed by atoms with Crippen LogP contribution in [0.15, 0.2) is 12.1 Å². The van der Waals surface area contributed by atoms with Crippen LogP contribution in [0.2, 0.25) is 0 Å². The van der Waals surface area contributed by atoms with Crippen LogP contribution in [0.5, 0.6) is 5.75 Å². The maximum atomic E-state index is 11.1. The van der Waals surface area contributed by atoms with Gasteiger partial charge in [-0.15, -0.1) is 0 Å². The zero-order valence-corrected chi connectivity index (χ0v) is 8.27. The second-order valence-corrected chi connectivity index (χ2v) is 3.53. The minimum Gasteiger partial charge on any atom is -0.488 e. The number of nitrogens with two attached hydrogens (primary N) is 2. The largest absolute Gasteiger partial charge is 0.488 e. The van der Waals surface area contributed by atoms with Crippen molar-refractivity contribution < 1.29 is 9.53 Å². The normalized spacial score (nSPS) is 15.0. The molecule has 0 aliphatic heterocycles. The number of nitrogens with zero attached hydrogens (tertiary/aromatic N) is 1. The summed E-state index contributed by atoms with van der Waals surface area (Å²) in [5.74, 6) is -0.122. The number of rotatable bonds is 4. The van der Waals surface area contributed by atoms with Crippen molar-refractivity contribution in [3.05, 3.63) is 23.5 Å². The Morgan fingerprint density at radius 3 is 2.80 bits per heavy atom. The van der Waals surface area contributed by atoms with E-state index >= 15 is 0 Å². The highest BCUT2D eigenvalue weighted by Crippen LogP contribution is 2.28. The summed E-state index contributed by atoms with van der Waals surface area (Å²) in [6, 6.07) is 3.44. The third-order valence-electron chi connectivity index (χ3n) is 2.18. The van der Waals surface area contributed by atoms with Crippen LogP contribution in [0, 0.1) is 0 Å². The highest BCUT2D eigenvalue weighted by atomic mass is 16.5. The minimum absolute atomic E-state index is 0.171. The smallest absolute Gasteiger partial charge is 0.271 e. The van der Waals surface area contributed by atoms with Crippen LogP contribution in [-0.4, -0.2) is 17.0 Å². The molecule has 0 aromatic carbocycles. The van der Waals surface area contributed by atoms with Crippen LogP contribution in [0.25, 0.3) is 0 Å². The fraction of sp³-hybridized carbons (Fsp3) is 0.400. The van der Waals surface area contributed by atoms with Gasteiger partial charge in [0, 0.05) is 6.54 Å². The van der Waals surface area contributed by atoms with E-state index in [2.05, 4.69) is 4.98 Å². The molecular weight excluding hydrogens is 194 g/mol. The summed E-state index contributed by atoms with van der Waals surface area (Å²) in [5, 5.41) is 0. The van der Waals surface area contributed by atoms with Crippen molar-refractivity contribution in [2.75, 3.05) is 0 Å². The molecule has 80 valence electrons. The molecular formula is C10H13N3O2. The lowest BCUT2D eigenvalue weighted by Crippen LogP contribution is -2.17. The monoisotopic (exact) mass is 207 g/mol. The van der Waals surface area contributed by atoms with Gasteiger partial charge in [-0.05, 0) is 25.0 Å². The first-order valence-corrected chi connectivity index (χ1v) is 4.87. The van der Waals surface area contributed by atoms with E-state index in [9.17, 15) is 4.79 Å². The molecule has 5 nitrogen and oxygen atoms in total. The fourth-order valence-electron chi connectivity index (χ4n) is 1.24. The van der Waals surface area contributed by atoms with Crippen LogP contribution in [0.4, 0.5) is 0 Å². The van der Waals surface area contributed by atoms with E-state index in [1.807, 2.05) is 0 Å². The van der Waals surface area contributed by atoms with Crippen molar-refractivity contribution in [3.8, 4) is 5.75 Å². The summed E-state index contributed by atoms with van der Waals surface area (Å²) < 4.78 is 5.51. The van der Waals surface area contributed by atoms with Crippen LogP contribution in [0.3, 0.4) is 0 Å². The van der Waals surface area contributed by atoms with Crippen molar-refractivity contribution in [2.45, 2.75) is 25.5 Å². The molecule has 0 bridgehead atoms. The number of hydrogen-bond acceptors (Lipinski definition) is 4. The third-order valence-corrected chi connectivity index (χ3v) is 2.18. The summed E-state index contributed by atoms with van der Waals surface area (Å²) in [6.07, 6.45) is 2.27. The number of ether oxygens (including phenoxy) is 1. The molecule has 15 heavy (non-hydrogen) atoms. The molecule has 1 aromatic rings. The Morgan fingerprint density at radius 2 is 2.27 bits per heavy atom. The van der Waals surface area contributed by atoms with Gasteiger partial charge in [-0.25, -0.2) is 4.98 Å². The molecule has 1 saturated carbocycles. The molecule has 0 spiro atoms. The van der Waals surface area contributed by atoms with E-state index in [1.54, 1.807) is 12.1 Å². The molecule has 0 unspecified atom stereocenters. The predicted octanol–water partition coefficient (Wildman–Crippen LogP) is 0.180. The standard InChI is InChI=1S/C10H13N3O2/c11-5-6-1-4-8(15-7-2-3-7)9(13-6)10(12)14/h1,4,7H,2-3,5,11H2,(H2,12,14). The SMILES string of the molecule is NCc1ccc(OC2CC2)c(C(N)=O)n1. The zero-order valence-electron chi connectivity index (χ0n) is 8.27. The molecule has 2 rings (SSSR count). The lowest BCUT2D eigenvalue weighted by atomic mass is 10.2. The number of aromatic nitrogens is 1. The van der Waals surface area contributed by atoms with Gasteiger partial charge in [0.2, 0.25) is 0 Å². The molecule has 1 aliphatic carbocycles. The van der Waals surface area contributed by atoms with Gasteiger partial charge in [-0.2, -0.15) is 0 Å². The van der Waals surface area contributed by atoms with Crippen LogP contribution < -0.4 is 16.2 Å². The molecule has 0 saturated heterocycles. The minimum atomic E-state index is -0.582. The lowest BCUT2D eigenvalue weighted by Gasteiger charge is -2.08. The maximum absolute atomic E-state index is 11.1. The molecule has 1 heterocycles. The average Bonchev–Trinajstić information content (AvgIpc) is 3.02. The summed E-state index contributed by atoms with van der Waals surface area (Å²) in [5.41, 5.74) is 11.4. The van der Waals surface area contributed by atoms with E-state index in [-0.39, 0.29) is 18.3 Å². The second kappa shape index (κ2) is 3.86. The second-order valence-electron chi connectivity index (χ2n) is 3.53. The number of primary amides is 1. The number of pyridine rings is 1. The zero-order chi connectivity index (χ0) is 10.8. The first-order chi connectivity index (χ1) is 7.20. The fourth-order valence-corrected chi connectivity index (χ4v) is 1.24. The highest BCUT2D eigenvalue weighted by molar-refractivity contribution is 5.93. The predicted molar refractivity (Wildman–Crippen MR) is 54.3 cm³/mol. The summed E-state index contributed by atoms with van der Waals surface area (Å²) in [7, 11) is 0. The Bertz CT molecular complexity index is 388. The van der Waals surface area contributed by atoms with Gasteiger partial charge < -0.3 is 16.2 Å². The Balaban J connectivity index is 2.29. The molecule has 1 amide bonds. The first kappa shape index (κ1) is 9.92. The van der Waals surface area contributed by atoms with Gasteiger partial charge in [-0.3, -0.25) is 4.79 Å². The highest BCUT2D eigenvalue weighted by Gasteiger charge is 2.25. The van der Waals surface area contributed by atoms with Crippen molar-refractivity contribution in [1.29, 1.82) is 0 Å². The van der Waals surface area contributed by atoms with Crippen molar-refractivity contribution in [1.82, 2.24) is 4.98 Å². The van der Waals surface area contributed by atoms with E-state index in [4.69, 9.17) is 16.2 Å². The van der Waals surface area contributed by atoms with E-state index in [0.29, 0.717) is 11.4 Å². The topological polar surface area (TPSA) is 91.2 Å². The van der Waals surface area contributed by atoms with Gasteiger partial charge in [0.05, 0.1) is 11.8 Å². The lowest BCUT2D eigenvalue weighted by molar-refractivity contribution is 0.0990. The molecule has 1 aliphatic rings. The van der Waals surface area contributed by atoms with E-state index in [0.717, 1.165) is 12.8 Å². The van der Waals surface area contributed by atoms with E-state index < -0.39 is 5.91 Å². The Kier molecular flexibility index (Phi) is 2.55. The Morgan fingerprint density at radius 1 is 1.53 bits per heavy atom. The van der Waals surface area contributed by atoms with Gasteiger partial charge >= 0.3 is 0 Å². The molecule has 4 N–H and O–H groups in total. The maximum Gasteiger partial charge on any atom is 0.271 e. The van der Waals surface area contributed by atoms with Crippen molar-refractivity contribution in [2.24, 2.45) is 11.5 Å². The van der Waals surface area contributed by atoms with Gasteiger partial charge in [0.15, 0.2) is 11.4 Å². The molecule has 1 aromatic heterocycles. The molecule has 0 atom stereocenters. The number of amides is 1. The Hall–Kier alpha value is -1.62. The van der Waals surface area contributed by atoms with Crippen LogP contribution >= 0.6 is 0 Å². The molecule has 5 heteroatoms. The number of carbonyl (C=O) groups excluding carboxylic acids is 1. The van der Waals surface area contributed by atoms with Crippen molar-refractivity contribution in [3.63, 3.8) is 0 Å². The Labute approximate surface area is 87.4 Å². The van der Waals surface area contributed by atoms with Gasteiger partial charge in [-0.1, -0.05) is 0 Å². The van der Waals surface area contributed by atoms with Gasteiger partial charge in [0.25, 0.3) is 5.91 Å². The summed E-state index contributed by atoms with van der Waals surface area (Å²) in [6.45, 7) is 0.282. The van der Waals surface area contributed by atoms with Crippen molar-refractivity contribution >= 4 is 5.91 Å².